The molecule has 0 saturated heterocycles. The van der Waals surface area contributed by atoms with Crippen LogP contribution in [-0.2, 0) is 14.8 Å². The molecule has 0 fully saturated rings. The highest BCUT2D eigenvalue weighted by molar-refractivity contribution is 8.01. The minimum Gasteiger partial charge on any atom is -0.356 e. The van der Waals surface area contributed by atoms with Crippen LogP contribution < -0.4 is 15.7 Å². The minimum atomic E-state index is -3.92. The predicted molar refractivity (Wildman–Crippen MR) is 147 cm³/mol. The van der Waals surface area contributed by atoms with E-state index < -0.39 is 15.7 Å². The molecule has 0 aliphatic carbocycles. The number of nitrogens with zero attached hydrogens (tertiary/aromatic N) is 2. The molecular formula is C25H34N4O4S3. The number of fused-ring (bicyclic) bond motifs is 1. The second-order valence-electron chi connectivity index (χ2n) is 8.74. The number of thioether (sulfide) groups is 1. The molecule has 0 atom stereocenters. The van der Waals surface area contributed by atoms with Crippen LogP contribution >= 0.6 is 23.1 Å². The molecule has 0 aromatic heterocycles. The second-order valence-corrected chi connectivity index (χ2v) is 13.0. The van der Waals surface area contributed by atoms with E-state index in [1.165, 1.54) is 46.2 Å². The van der Waals surface area contributed by atoms with Crippen molar-refractivity contribution in [1.29, 1.82) is 0 Å². The molecule has 0 spiro atoms. The second kappa shape index (κ2) is 12.7. The number of benzene rings is 1. The van der Waals surface area contributed by atoms with Crippen molar-refractivity contribution in [3.63, 3.8) is 0 Å². The summed E-state index contributed by atoms with van der Waals surface area (Å²) in [4.78, 5) is 29.9. The van der Waals surface area contributed by atoms with Gasteiger partial charge in [-0.1, -0.05) is 43.9 Å². The first kappa shape index (κ1) is 28.2. The Balaban J connectivity index is 1.73. The minimum absolute atomic E-state index is 0.0206. The highest BCUT2D eigenvalue weighted by Gasteiger charge is 2.26. The van der Waals surface area contributed by atoms with Gasteiger partial charge in [0.05, 0.1) is 9.10 Å². The standard InChI is InChI=1S/C25H34N4O4S3/c1-5-6-7-8-15-26-21(30)10-9-16-34-24-22-23(27-25(31)29(22)18(3)19(4)35-24)28-36(32,33)20-13-11-17(2)12-14-20/h11-14H,5-10,15-16H2,1-4H3,(H,26,30)(H,27,28,31). The van der Waals surface area contributed by atoms with Crippen LogP contribution in [0.2, 0.25) is 0 Å². The largest absolute Gasteiger partial charge is 0.356 e. The summed E-state index contributed by atoms with van der Waals surface area (Å²) in [5, 5.41) is 2.97. The fourth-order valence-corrected chi connectivity index (χ4v) is 7.13. The lowest BCUT2D eigenvalue weighted by atomic mass is 10.2. The summed E-state index contributed by atoms with van der Waals surface area (Å²) in [6.45, 7) is 8.48. The van der Waals surface area contributed by atoms with Gasteiger partial charge in [0.25, 0.3) is 10.0 Å². The lowest BCUT2D eigenvalue weighted by molar-refractivity contribution is -0.121. The number of anilines is 1. The molecule has 196 valence electrons. The predicted octanol–water partition coefficient (Wildman–Crippen LogP) is 5.03. The SMILES string of the molecule is CCCCCCNC(=O)CCCSc1sc(C)c(C)n2c(=O)nc(NS(=O)(=O)c3ccc(C)cc3)c1-2. The Morgan fingerprint density at radius 3 is 2.50 bits per heavy atom. The summed E-state index contributed by atoms with van der Waals surface area (Å²) < 4.78 is 30.8. The van der Waals surface area contributed by atoms with Crippen molar-refractivity contribution < 1.29 is 13.2 Å². The molecule has 1 aromatic rings. The topological polar surface area (TPSA) is 110 Å². The number of nitrogens with one attached hydrogen (secondary N) is 2. The average Bonchev–Trinajstić information content (AvgIpc) is 3.15. The third-order valence-corrected chi connectivity index (χ3v) is 9.71. The van der Waals surface area contributed by atoms with Crippen molar-refractivity contribution in [2.75, 3.05) is 17.0 Å². The van der Waals surface area contributed by atoms with Crippen molar-refractivity contribution in [2.24, 2.45) is 0 Å². The first-order valence-electron chi connectivity index (χ1n) is 12.2. The van der Waals surface area contributed by atoms with Gasteiger partial charge in [0.15, 0.2) is 5.82 Å². The smallest absolute Gasteiger partial charge is 0.354 e. The van der Waals surface area contributed by atoms with E-state index in [1.54, 1.807) is 12.1 Å². The Kier molecular flexibility index (Phi) is 9.98. The molecule has 36 heavy (non-hydrogen) atoms. The Bertz CT molecular complexity index is 1310. The molecular weight excluding hydrogens is 517 g/mol. The van der Waals surface area contributed by atoms with Crippen LogP contribution in [0, 0.1) is 20.8 Å². The number of rotatable bonds is 13. The van der Waals surface area contributed by atoms with Gasteiger partial charge in [0.2, 0.25) is 5.91 Å². The number of hydrogen-bond donors (Lipinski definition) is 2. The molecule has 0 unspecified atom stereocenters. The van der Waals surface area contributed by atoms with Crippen LogP contribution in [0.15, 0.2) is 38.2 Å². The molecule has 0 bridgehead atoms. The molecule has 0 saturated carbocycles. The molecule has 1 aromatic carbocycles. The van der Waals surface area contributed by atoms with Gasteiger partial charge in [0.1, 0.15) is 5.69 Å². The maximum atomic E-state index is 13.0. The number of amides is 1. The quantitative estimate of drug-likeness (QED) is 0.228. The van der Waals surface area contributed by atoms with Gasteiger partial charge >= 0.3 is 5.69 Å². The van der Waals surface area contributed by atoms with Gasteiger partial charge in [-0.15, -0.1) is 23.1 Å². The normalized spacial score (nSPS) is 11.7. The molecule has 8 nitrogen and oxygen atoms in total. The Hall–Kier alpha value is -2.37. The summed E-state index contributed by atoms with van der Waals surface area (Å²) in [7, 11) is -3.92. The highest BCUT2D eigenvalue weighted by Crippen LogP contribution is 2.38. The third-order valence-electron chi connectivity index (χ3n) is 5.83. The van der Waals surface area contributed by atoms with E-state index in [0.29, 0.717) is 30.8 Å². The first-order chi connectivity index (χ1) is 17.1. The lowest BCUT2D eigenvalue weighted by Crippen LogP contribution is -2.24. The van der Waals surface area contributed by atoms with E-state index in [9.17, 15) is 18.0 Å². The van der Waals surface area contributed by atoms with Gasteiger partial charge in [0, 0.05) is 23.5 Å². The zero-order valence-corrected chi connectivity index (χ0v) is 23.7. The number of aromatic nitrogens is 2. The van der Waals surface area contributed by atoms with Gasteiger partial charge < -0.3 is 5.32 Å². The van der Waals surface area contributed by atoms with Crippen LogP contribution in [0.3, 0.4) is 0 Å². The van der Waals surface area contributed by atoms with Gasteiger partial charge in [-0.25, -0.2) is 13.2 Å². The maximum absolute atomic E-state index is 13.0. The van der Waals surface area contributed by atoms with E-state index in [1.807, 2.05) is 20.8 Å². The highest BCUT2D eigenvalue weighted by atomic mass is 32.2. The fraction of sp³-hybridized carbons (Fsp3) is 0.480. The molecule has 0 radical (unpaired) electrons. The molecule has 2 aliphatic rings. The molecule has 2 N–H and O–H groups in total. The Labute approximate surface area is 221 Å². The zero-order chi connectivity index (χ0) is 26.3. The number of unbranched alkanes of at least 4 members (excludes halogenated alkanes) is 3. The van der Waals surface area contributed by atoms with Crippen molar-refractivity contribution in [3.05, 3.63) is 50.9 Å². The Morgan fingerprint density at radius 2 is 1.81 bits per heavy atom. The average molecular weight is 551 g/mol. The number of carbonyl (C=O) groups excluding carboxylic acids is 1. The monoisotopic (exact) mass is 550 g/mol. The number of aryl methyl sites for hydroxylation is 2. The molecule has 2 heterocycles. The number of sulfonamides is 1. The van der Waals surface area contributed by atoms with E-state index >= 15 is 0 Å². The number of imidazole rings is 1. The van der Waals surface area contributed by atoms with Crippen molar-refractivity contribution >= 4 is 44.8 Å². The van der Waals surface area contributed by atoms with Crippen molar-refractivity contribution in [2.45, 2.75) is 75.3 Å². The lowest BCUT2D eigenvalue weighted by Gasteiger charge is -2.16. The summed E-state index contributed by atoms with van der Waals surface area (Å²) in [5.41, 5.74) is 1.60. The van der Waals surface area contributed by atoms with Crippen molar-refractivity contribution in [1.82, 2.24) is 14.9 Å². The third kappa shape index (κ3) is 7.10. The summed E-state index contributed by atoms with van der Waals surface area (Å²) in [6.07, 6.45) is 5.56. The van der Waals surface area contributed by atoms with Crippen LogP contribution in [0.25, 0.3) is 5.69 Å². The van der Waals surface area contributed by atoms with Gasteiger partial charge in [-0.2, -0.15) is 4.98 Å². The van der Waals surface area contributed by atoms with Crippen LogP contribution in [-0.4, -0.2) is 36.2 Å². The summed E-state index contributed by atoms with van der Waals surface area (Å²) >= 11 is 3.00. The van der Waals surface area contributed by atoms with Crippen LogP contribution in [0.4, 0.5) is 5.82 Å². The van der Waals surface area contributed by atoms with Gasteiger partial charge in [-0.05, 0) is 51.5 Å². The Morgan fingerprint density at radius 1 is 1.08 bits per heavy atom. The number of carbonyl (C=O) groups is 1. The van der Waals surface area contributed by atoms with Crippen LogP contribution in [0.1, 0.15) is 61.6 Å². The molecule has 1 amide bonds. The summed E-state index contributed by atoms with van der Waals surface area (Å²) in [6, 6.07) is 6.49. The maximum Gasteiger partial charge on any atom is 0.354 e. The van der Waals surface area contributed by atoms with Crippen molar-refractivity contribution in [3.8, 4) is 5.69 Å². The molecule has 11 heteroatoms. The summed E-state index contributed by atoms with van der Waals surface area (Å²) in [5.74, 6) is 0.715. The van der Waals surface area contributed by atoms with Gasteiger partial charge in [-0.3, -0.25) is 14.1 Å². The first-order valence-corrected chi connectivity index (χ1v) is 15.4. The number of hydrogen-bond acceptors (Lipinski definition) is 7. The van der Waals surface area contributed by atoms with E-state index in [4.69, 9.17) is 0 Å². The van der Waals surface area contributed by atoms with E-state index in [2.05, 4.69) is 21.9 Å². The zero-order valence-electron chi connectivity index (χ0n) is 21.2. The fourth-order valence-electron chi connectivity index (χ4n) is 3.66. The van der Waals surface area contributed by atoms with Crippen LogP contribution in [0.5, 0.6) is 0 Å². The molecule has 2 aliphatic heterocycles. The van der Waals surface area contributed by atoms with E-state index in [0.717, 1.165) is 39.6 Å². The molecule has 3 rings (SSSR count). The van der Waals surface area contributed by atoms with E-state index in [-0.39, 0.29) is 16.6 Å².